The van der Waals surface area contributed by atoms with Gasteiger partial charge in [-0.1, -0.05) is 0 Å². The summed E-state index contributed by atoms with van der Waals surface area (Å²) in [4.78, 5) is 26.8. The van der Waals surface area contributed by atoms with E-state index in [0.29, 0.717) is 18.0 Å². The lowest BCUT2D eigenvalue weighted by molar-refractivity contribution is 0.0948. The number of furan rings is 1. The molecule has 1 amide bonds. The summed E-state index contributed by atoms with van der Waals surface area (Å²) in [6.07, 6.45) is 3.16. The average Bonchev–Trinajstić information content (AvgIpc) is 3.16. The predicted molar refractivity (Wildman–Crippen MR) is 79.1 cm³/mol. The zero-order chi connectivity index (χ0) is 15.5. The maximum atomic E-state index is 12.1. The van der Waals surface area contributed by atoms with Gasteiger partial charge >= 0.3 is 0 Å². The molecule has 0 unspecified atom stereocenters. The van der Waals surface area contributed by atoms with Gasteiger partial charge in [-0.15, -0.1) is 0 Å². The Kier molecular flexibility index (Phi) is 3.61. The van der Waals surface area contributed by atoms with Crippen LogP contribution >= 0.6 is 0 Å². The van der Waals surface area contributed by atoms with E-state index in [0.717, 1.165) is 5.69 Å². The molecule has 22 heavy (non-hydrogen) atoms. The van der Waals surface area contributed by atoms with Crippen molar-refractivity contribution in [3.8, 4) is 11.5 Å². The zero-order valence-corrected chi connectivity index (χ0v) is 11.9. The van der Waals surface area contributed by atoms with Gasteiger partial charge in [0.15, 0.2) is 0 Å². The molecule has 2 N–H and O–H groups in total. The van der Waals surface area contributed by atoms with Crippen LogP contribution in [-0.4, -0.2) is 20.7 Å². The van der Waals surface area contributed by atoms with Crippen molar-refractivity contribution in [1.82, 2.24) is 20.1 Å². The molecule has 3 heterocycles. The number of carbonyl (C=O) groups excluding carboxylic acids is 1. The van der Waals surface area contributed by atoms with E-state index in [9.17, 15) is 9.59 Å². The number of hydrogen-bond donors (Lipinski definition) is 2. The maximum absolute atomic E-state index is 12.1. The second kappa shape index (κ2) is 5.72. The molecule has 0 fully saturated rings. The van der Waals surface area contributed by atoms with Crippen molar-refractivity contribution in [2.45, 2.75) is 6.54 Å². The third kappa shape index (κ3) is 2.69. The summed E-state index contributed by atoms with van der Waals surface area (Å²) in [5, 5.41) is 6.71. The summed E-state index contributed by atoms with van der Waals surface area (Å²) in [7, 11) is 1.78. The second-order valence-corrected chi connectivity index (χ2v) is 4.72. The van der Waals surface area contributed by atoms with Crippen molar-refractivity contribution >= 4 is 5.91 Å². The van der Waals surface area contributed by atoms with Crippen LogP contribution < -0.4 is 10.9 Å². The van der Waals surface area contributed by atoms with Crippen LogP contribution in [0.2, 0.25) is 0 Å². The normalized spacial score (nSPS) is 10.6. The van der Waals surface area contributed by atoms with Gasteiger partial charge in [-0.2, -0.15) is 5.10 Å². The third-order valence-electron chi connectivity index (χ3n) is 3.29. The number of nitrogens with one attached hydrogen (secondary N) is 2. The Balaban J connectivity index is 1.76. The van der Waals surface area contributed by atoms with Gasteiger partial charge < -0.3 is 14.7 Å². The van der Waals surface area contributed by atoms with Gasteiger partial charge in [0.1, 0.15) is 11.3 Å². The van der Waals surface area contributed by atoms with Crippen molar-refractivity contribution in [3.63, 3.8) is 0 Å². The van der Waals surface area contributed by atoms with E-state index < -0.39 is 11.5 Å². The molecule has 112 valence electrons. The van der Waals surface area contributed by atoms with Crippen LogP contribution in [0.15, 0.2) is 52.0 Å². The molecule has 0 aliphatic heterocycles. The monoisotopic (exact) mass is 298 g/mol. The number of rotatable bonds is 4. The van der Waals surface area contributed by atoms with E-state index in [1.165, 1.54) is 12.3 Å². The molecule has 0 radical (unpaired) electrons. The fourth-order valence-corrected chi connectivity index (χ4v) is 2.07. The Morgan fingerprint density at radius 2 is 2.23 bits per heavy atom. The van der Waals surface area contributed by atoms with E-state index in [4.69, 9.17) is 4.42 Å². The Bertz CT molecular complexity index is 846. The summed E-state index contributed by atoms with van der Waals surface area (Å²) >= 11 is 0. The Hall–Kier alpha value is -3.09. The average molecular weight is 298 g/mol. The van der Waals surface area contributed by atoms with Gasteiger partial charge in [0.05, 0.1) is 24.2 Å². The molecule has 0 saturated heterocycles. The lowest BCUT2D eigenvalue weighted by Crippen LogP contribution is -2.29. The first-order chi connectivity index (χ1) is 10.6. The molecule has 0 atom stereocenters. The largest absolute Gasteiger partial charge is 0.463 e. The van der Waals surface area contributed by atoms with Gasteiger partial charge in [-0.25, -0.2) is 0 Å². The molecule has 0 saturated carbocycles. The molecular weight excluding hydrogens is 284 g/mol. The molecule has 0 bridgehead atoms. The number of aromatic amines is 1. The standard InChI is InChI=1S/C15H14N4O3/c1-19-10(6-7-17-19)9-16-14(20)11-4-5-12(18-15(11)21)13-3-2-8-22-13/h2-8H,9H2,1H3,(H,16,20)(H,18,21). The van der Waals surface area contributed by atoms with Crippen molar-refractivity contribution in [2.24, 2.45) is 7.05 Å². The van der Waals surface area contributed by atoms with E-state index in [-0.39, 0.29) is 5.56 Å². The van der Waals surface area contributed by atoms with Crippen LogP contribution in [0, 0.1) is 0 Å². The summed E-state index contributed by atoms with van der Waals surface area (Å²) in [6.45, 7) is 0.300. The number of hydrogen-bond acceptors (Lipinski definition) is 4. The van der Waals surface area contributed by atoms with Gasteiger partial charge in [0, 0.05) is 13.2 Å². The first-order valence-electron chi connectivity index (χ1n) is 6.67. The maximum Gasteiger partial charge on any atom is 0.261 e. The Morgan fingerprint density at radius 3 is 2.86 bits per heavy atom. The molecule has 0 spiro atoms. The van der Waals surface area contributed by atoms with E-state index >= 15 is 0 Å². The minimum absolute atomic E-state index is 0.0532. The van der Waals surface area contributed by atoms with Crippen LogP contribution in [0.3, 0.4) is 0 Å². The lowest BCUT2D eigenvalue weighted by atomic mass is 10.2. The molecule has 3 rings (SSSR count). The smallest absolute Gasteiger partial charge is 0.261 e. The van der Waals surface area contributed by atoms with E-state index in [2.05, 4.69) is 15.4 Å². The molecule has 0 aromatic carbocycles. The molecule has 0 aliphatic rings. The number of aromatic nitrogens is 3. The lowest BCUT2D eigenvalue weighted by Gasteiger charge is -2.05. The van der Waals surface area contributed by atoms with Crippen LogP contribution in [0.5, 0.6) is 0 Å². The molecule has 0 aliphatic carbocycles. The number of carbonyl (C=O) groups is 1. The Labute approximate surface area is 125 Å². The summed E-state index contributed by atoms with van der Waals surface area (Å²) in [5.41, 5.74) is 0.962. The highest BCUT2D eigenvalue weighted by Gasteiger charge is 2.12. The first-order valence-corrected chi connectivity index (χ1v) is 6.67. The van der Waals surface area contributed by atoms with Crippen molar-refractivity contribution in [1.29, 1.82) is 0 Å². The van der Waals surface area contributed by atoms with E-state index in [1.807, 2.05) is 0 Å². The zero-order valence-electron chi connectivity index (χ0n) is 11.9. The minimum Gasteiger partial charge on any atom is -0.463 e. The highest BCUT2D eigenvalue weighted by Crippen LogP contribution is 2.15. The van der Waals surface area contributed by atoms with Crippen molar-refractivity contribution in [2.75, 3.05) is 0 Å². The van der Waals surface area contributed by atoms with Crippen molar-refractivity contribution in [3.05, 3.63) is 64.4 Å². The summed E-state index contributed by atoms with van der Waals surface area (Å²) in [5.74, 6) is 0.104. The summed E-state index contributed by atoms with van der Waals surface area (Å²) < 4.78 is 6.86. The van der Waals surface area contributed by atoms with Crippen LogP contribution in [0.25, 0.3) is 11.5 Å². The SMILES string of the molecule is Cn1nccc1CNC(=O)c1ccc(-c2ccco2)[nH]c1=O. The Morgan fingerprint density at radius 1 is 1.36 bits per heavy atom. The topological polar surface area (TPSA) is 92.9 Å². The molecular formula is C15H14N4O3. The van der Waals surface area contributed by atoms with Gasteiger partial charge in [0.25, 0.3) is 11.5 Å². The summed E-state index contributed by atoms with van der Waals surface area (Å²) in [6, 6.07) is 8.37. The minimum atomic E-state index is -0.462. The van der Waals surface area contributed by atoms with Gasteiger partial charge in [-0.05, 0) is 30.3 Å². The number of nitrogens with zero attached hydrogens (tertiary/aromatic N) is 2. The number of pyridine rings is 1. The van der Waals surface area contributed by atoms with Crippen LogP contribution in [0.4, 0.5) is 0 Å². The molecule has 7 heteroatoms. The molecule has 7 nitrogen and oxygen atoms in total. The highest BCUT2D eigenvalue weighted by atomic mass is 16.3. The first kappa shape index (κ1) is 13.9. The number of H-pyrrole nitrogens is 1. The van der Waals surface area contributed by atoms with Crippen LogP contribution in [0.1, 0.15) is 16.1 Å². The van der Waals surface area contributed by atoms with Crippen molar-refractivity contribution < 1.29 is 9.21 Å². The van der Waals surface area contributed by atoms with Crippen LogP contribution in [-0.2, 0) is 13.6 Å². The fourth-order valence-electron chi connectivity index (χ4n) is 2.07. The number of aryl methyl sites for hydroxylation is 1. The van der Waals surface area contributed by atoms with Gasteiger partial charge in [-0.3, -0.25) is 14.3 Å². The molecule has 3 aromatic rings. The number of amides is 1. The second-order valence-electron chi connectivity index (χ2n) is 4.72. The predicted octanol–water partition coefficient (Wildman–Crippen LogP) is 1.30. The fraction of sp³-hybridized carbons (Fsp3) is 0.133. The van der Waals surface area contributed by atoms with E-state index in [1.54, 1.807) is 42.2 Å². The van der Waals surface area contributed by atoms with Gasteiger partial charge in [0.2, 0.25) is 0 Å². The molecule has 3 aromatic heterocycles. The third-order valence-corrected chi connectivity index (χ3v) is 3.29. The quantitative estimate of drug-likeness (QED) is 0.759. The highest BCUT2D eigenvalue weighted by molar-refractivity contribution is 5.93.